The van der Waals surface area contributed by atoms with E-state index in [0.29, 0.717) is 13.0 Å². The molecule has 0 spiro atoms. The molecular formula is C16H27Cl2N3O. The minimum atomic E-state index is 0. The lowest BCUT2D eigenvalue weighted by molar-refractivity contribution is -0.116. The van der Waals surface area contributed by atoms with Crippen molar-refractivity contribution in [1.82, 2.24) is 5.32 Å². The van der Waals surface area contributed by atoms with E-state index in [1.54, 1.807) is 0 Å². The molecule has 4 nitrogen and oxygen atoms in total. The van der Waals surface area contributed by atoms with E-state index in [2.05, 4.69) is 21.6 Å². The van der Waals surface area contributed by atoms with Crippen molar-refractivity contribution in [1.29, 1.82) is 0 Å². The third-order valence-corrected chi connectivity index (χ3v) is 3.73. The Balaban J connectivity index is 0.00000220. The molecule has 6 heteroatoms. The first-order chi connectivity index (χ1) is 9.81. The van der Waals surface area contributed by atoms with Gasteiger partial charge in [-0.05, 0) is 32.0 Å². The molecule has 1 aliphatic heterocycles. The van der Waals surface area contributed by atoms with Crippen LogP contribution in [0.4, 0.5) is 11.4 Å². The third kappa shape index (κ3) is 6.42. The largest absolute Gasteiger partial charge is 0.370 e. The van der Waals surface area contributed by atoms with Gasteiger partial charge in [0, 0.05) is 26.1 Å². The van der Waals surface area contributed by atoms with Crippen LogP contribution in [-0.4, -0.2) is 32.6 Å². The van der Waals surface area contributed by atoms with E-state index in [-0.39, 0.29) is 30.7 Å². The Kier molecular flexibility index (Phi) is 11.1. The van der Waals surface area contributed by atoms with Gasteiger partial charge in [-0.2, -0.15) is 0 Å². The monoisotopic (exact) mass is 347 g/mol. The molecule has 1 saturated heterocycles. The molecule has 0 atom stereocenters. The number of para-hydroxylation sites is 2. The van der Waals surface area contributed by atoms with Gasteiger partial charge in [0.25, 0.3) is 0 Å². The number of benzene rings is 1. The molecule has 2 N–H and O–H groups in total. The molecule has 1 heterocycles. The molecule has 0 bridgehead atoms. The fraction of sp³-hybridized carbons (Fsp3) is 0.562. The normalized spacial score (nSPS) is 14.3. The summed E-state index contributed by atoms with van der Waals surface area (Å²) in [6.07, 6.45) is 5.61. The number of hydrogen-bond donors (Lipinski definition) is 2. The molecule has 1 amide bonds. The maximum absolute atomic E-state index is 11.9. The molecule has 0 aromatic heterocycles. The second-order valence-electron chi connectivity index (χ2n) is 5.32. The fourth-order valence-corrected chi connectivity index (χ4v) is 2.62. The van der Waals surface area contributed by atoms with Gasteiger partial charge in [0.2, 0.25) is 5.91 Å². The number of amides is 1. The van der Waals surface area contributed by atoms with E-state index in [1.165, 1.54) is 25.7 Å². The summed E-state index contributed by atoms with van der Waals surface area (Å²) in [5, 5.41) is 6.04. The van der Waals surface area contributed by atoms with Crippen LogP contribution in [0.1, 0.15) is 32.1 Å². The number of halogens is 2. The molecule has 1 aromatic carbocycles. The highest BCUT2D eigenvalue weighted by molar-refractivity contribution is 5.94. The van der Waals surface area contributed by atoms with Gasteiger partial charge in [0.1, 0.15) is 0 Å². The standard InChI is InChI=1S/C16H25N3O.2ClH/c1-17-11-10-16(20)18-14-8-4-5-9-15(14)19-12-6-2-3-7-13-19;;/h4-5,8-9,17H,2-3,6-7,10-13H2,1H3,(H,18,20);2*1H. The number of anilines is 2. The first-order valence-electron chi connectivity index (χ1n) is 7.59. The van der Waals surface area contributed by atoms with Gasteiger partial charge in [0.15, 0.2) is 0 Å². The highest BCUT2D eigenvalue weighted by Gasteiger charge is 2.14. The highest BCUT2D eigenvalue weighted by Crippen LogP contribution is 2.27. The quantitative estimate of drug-likeness (QED) is 0.857. The number of nitrogens with zero attached hydrogens (tertiary/aromatic N) is 1. The van der Waals surface area contributed by atoms with Crippen LogP contribution in [0.15, 0.2) is 24.3 Å². The fourth-order valence-electron chi connectivity index (χ4n) is 2.62. The van der Waals surface area contributed by atoms with Gasteiger partial charge in [-0.25, -0.2) is 0 Å². The van der Waals surface area contributed by atoms with E-state index in [1.807, 2.05) is 25.2 Å². The average Bonchev–Trinajstić information content (AvgIpc) is 2.75. The van der Waals surface area contributed by atoms with Crippen LogP contribution in [0.2, 0.25) is 0 Å². The van der Waals surface area contributed by atoms with Crippen LogP contribution in [0.5, 0.6) is 0 Å². The predicted molar refractivity (Wildman–Crippen MR) is 98.8 cm³/mol. The molecule has 0 saturated carbocycles. The van der Waals surface area contributed by atoms with Crippen molar-refractivity contribution in [3.8, 4) is 0 Å². The van der Waals surface area contributed by atoms with E-state index in [0.717, 1.165) is 24.5 Å². The molecule has 2 rings (SSSR count). The van der Waals surface area contributed by atoms with Gasteiger partial charge in [0.05, 0.1) is 11.4 Å². The topological polar surface area (TPSA) is 44.4 Å². The number of rotatable bonds is 5. The Morgan fingerprint density at radius 2 is 1.73 bits per heavy atom. The number of hydrogen-bond acceptors (Lipinski definition) is 3. The van der Waals surface area contributed by atoms with Crippen LogP contribution in [0, 0.1) is 0 Å². The van der Waals surface area contributed by atoms with Crippen LogP contribution in [-0.2, 0) is 4.79 Å². The van der Waals surface area contributed by atoms with Gasteiger partial charge in [-0.3, -0.25) is 4.79 Å². The summed E-state index contributed by atoms with van der Waals surface area (Å²) in [5.41, 5.74) is 2.10. The summed E-state index contributed by atoms with van der Waals surface area (Å²) >= 11 is 0. The van der Waals surface area contributed by atoms with Crippen molar-refractivity contribution in [3.63, 3.8) is 0 Å². The second kappa shape index (κ2) is 11.6. The molecule has 0 radical (unpaired) electrons. The Morgan fingerprint density at radius 1 is 1.09 bits per heavy atom. The first-order valence-corrected chi connectivity index (χ1v) is 7.59. The van der Waals surface area contributed by atoms with E-state index in [4.69, 9.17) is 0 Å². The van der Waals surface area contributed by atoms with Crippen molar-refractivity contribution in [2.45, 2.75) is 32.1 Å². The van der Waals surface area contributed by atoms with Crippen molar-refractivity contribution < 1.29 is 4.79 Å². The second-order valence-corrected chi connectivity index (χ2v) is 5.32. The summed E-state index contributed by atoms with van der Waals surface area (Å²) in [6, 6.07) is 8.13. The van der Waals surface area contributed by atoms with E-state index in [9.17, 15) is 4.79 Å². The summed E-state index contributed by atoms with van der Waals surface area (Å²) in [4.78, 5) is 14.3. The van der Waals surface area contributed by atoms with E-state index >= 15 is 0 Å². The summed E-state index contributed by atoms with van der Waals surface area (Å²) in [6.45, 7) is 2.88. The summed E-state index contributed by atoms with van der Waals surface area (Å²) < 4.78 is 0. The van der Waals surface area contributed by atoms with Crippen LogP contribution >= 0.6 is 24.8 Å². The first kappa shape index (κ1) is 21.0. The zero-order chi connectivity index (χ0) is 14.2. The van der Waals surface area contributed by atoms with Gasteiger partial charge >= 0.3 is 0 Å². The lowest BCUT2D eigenvalue weighted by atomic mass is 10.2. The van der Waals surface area contributed by atoms with E-state index < -0.39 is 0 Å². The SMILES string of the molecule is CNCCC(=O)Nc1ccccc1N1CCCCCC1.Cl.Cl. The van der Waals surface area contributed by atoms with Crippen molar-refractivity contribution in [2.75, 3.05) is 36.9 Å². The minimum Gasteiger partial charge on any atom is -0.370 e. The Hall–Kier alpha value is -0.970. The number of nitrogens with one attached hydrogen (secondary N) is 2. The molecule has 0 unspecified atom stereocenters. The number of carbonyl (C=O) groups is 1. The molecule has 126 valence electrons. The van der Waals surface area contributed by atoms with Crippen LogP contribution in [0.25, 0.3) is 0 Å². The number of carbonyl (C=O) groups excluding carboxylic acids is 1. The maximum atomic E-state index is 11.9. The maximum Gasteiger partial charge on any atom is 0.225 e. The van der Waals surface area contributed by atoms with Crippen molar-refractivity contribution >= 4 is 42.1 Å². The molecule has 1 aliphatic rings. The molecule has 1 fully saturated rings. The van der Waals surface area contributed by atoms with Gasteiger partial charge in [-0.1, -0.05) is 25.0 Å². The summed E-state index contributed by atoms with van der Waals surface area (Å²) in [5.74, 6) is 0.0709. The van der Waals surface area contributed by atoms with Crippen molar-refractivity contribution in [2.24, 2.45) is 0 Å². The van der Waals surface area contributed by atoms with Gasteiger partial charge < -0.3 is 15.5 Å². The van der Waals surface area contributed by atoms with Crippen LogP contribution in [0.3, 0.4) is 0 Å². The zero-order valence-corrected chi connectivity index (χ0v) is 14.8. The average molecular weight is 348 g/mol. The van der Waals surface area contributed by atoms with Gasteiger partial charge in [-0.15, -0.1) is 24.8 Å². The highest BCUT2D eigenvalue weighted by atomic mass is 35.5. The smallest absolute Gasteiger partial charge is 0.225 e. The van der Waals surface area contributed by atoms with Crippen LogP contribution < -0.4 is 15.5 Å². The predicted octanol–water partition coefficient (Wildman–Crippen LogP) is 3.46. The molecule has 1 aromatic rings. The molecule has 0 aliphatic carbocycles. The Bertz CT molecular complexity index is 435. The molecule has 22 heavy (non-hydrogen) atoms. The Labute approximate surface area is 145 Å². The zero-order valence-electron chi connectivity index (χ0n) is 13.1. The lowest BCUT2D eigenvalue weighted by Gasteiger charge is -2.25. The molecular weight excluding hydrogens is 321 g/mol. The minimum absolute atomic E-state index is 0. The van der Waals surface area contributed by atoms with Crippen molar-refractivity contribution in [3.05, 3.63) is 24.3 Å². The third-order valence-electron chi connectivity index (χ3n) is 3.73. The Morgan fingerprint density at radius 3 is 2.36 bits per heavy atom. The lowest BCUT2D eigenvalue weighted by Crippen LogP contribution is -2.26. The summed E-state index contributed by atoms with van der Waals surface area (Å²) in [7, 11) is 1.86.